The average molecular weight is 316 g/mol. The average Bonchev–Trinajstić information content (AvgIpc) is 2.54. The number of para-hydroxylation sites is 2. The molecule has 4 nitrogen and oxygen atoms in total. The lowest BCUT2D eigenvalue weighted by molar-refractivity contribution is 0.375. The quantitative estimate of drug-likeness (QED) is 0.702. The van der Waals surface area contributed by atoms with E-state index >= 15 is 0 Å². The molecule has 0 saturated carbocycles. The fourth-order valence-electron chi connectivity index (χ4n) is 1.66. The van der Waals surface area contributed by atoms with Gasteiger partial charge in [-0.25, -0.2) is 0 Å². The Bertz CT molecular complexity index is 784. The summed E-state index contributed by atoms with van der Waals surface area (Å²) in [5.41, 5.74) is 0. The van der Waals surface area contributed by atoms with Crippen LogP contribution in [0, 0.1) is 11.9 Å². The second-order valence-corrected chi connectivity index (χ2v) is 4.57. The van der Waals surface area contributed by atoms with E-state index in [-0.39, 0.29) is 11.8 Å². The molecule has 0 unspecified atom stereocenters. The van der Waals surface area contributed by atoms with Gasteiger partial charge < -0.3 is 9.47 Å². The Labute approximate surface area is 131 Å². The van der Waals surface area contributed by atoms with Crippen LogP contribution in [0.25, 0.3) is 0 Å². The molecule has 0 atom stereocenters. The summed E-state index contributed by atoms with van der Waals surface area (Å²) in [5.74, 6) is -0.712. The molecule has 1 radical (unpaired) electrons. The third kappa shape index (κ3) is 3.15. The van der Waals surface area contributed by atoms with Gasteiger partial charge in [0.2, 0.25) is 5.82 Å². The Balaban J connectivity index is 1.88. The lowest BCUT2D eigenvalue weighted by atomic mass is 10.3. The Hall–Kier alpha value is -2.66. The molecule has 22 heavy (non-hydrogen) atoms. The predicted octanol–water partition coefficient (Wildman–Crippen LogP) is 4.65. The summed E-state index contributed by atoms with van der Waals surface area (Å²) in [5, 5.41) is 0.347. The van der Waals surface area contributed by atoms with Crippen LogP contribution in [0.1, 0.15) is 0 Å². The molecule has 0 saturated heterocycles. The number of hydrogen-bond acceptors (Lipinski definition) is 4. The first-order valence-corrected chi connectivity index (χ1v) is 6.69. The van der Waals surface area contributed by atoms with Crippen LogP contribution in [0.15, 0.2) is 54.9 Å². The molecule has 0 bridgehead atoms. The molecule has 0 aliphatic carbocycles. The van der Waals surface area contributed by atoms with Gasteiger partial charge in [0.25, 0.3) is 11.8 Å². The normalized spacial score (nSPS) is 10.3. The van der Waals surface area contributed by atoms with Crippen molar-refractivity contribution in [1.82, 2.24) is 9.97 Å². The van der Waals surface area contributed by atoms with Crippen molar-refractivity contribution in [1.29, 1.82) is 0 Å². The maximum Gasteiger partial charge on any atom is 0.263 e. The summed E-state index contributed by atoms with van der Waals surface area (Å²) < 4.78 is 25.0. The number of rotatable bonds is 4. The Morgan fingerprint density at radius 1 is 0.955 bits per heavy atom. The molecular formula is C16H9ClFN2O2. The van der Waals surface area contributed by atoms with Gasteiger partial charge in [-0.2, -0.15) is 14.4 Å². The standard InChI is InChI=1S/C16H9ClFN2O2/c17-12-8-4-5-9-13(12)22-16-14(18)15(19-10-20-16)21-11-6-2-1-3-7-11/h1-6,8-10H. The zero-order valence-corrected chi connectivity index (χ0v) is 11.9. The summed E-state index contributed by atoms with van der Waals surface area (Å²) in [7, 11) is 0. The first-order valence-electron chi connectivity index (χ1n) is 6.31. The topological polar surface area (TPSA) is 44.2 Å². The van der Waals surface area contributed by atoms with Crippen LogP contribution in [-0.2, 0) is 0 Å². The third-order valence-electron chi connectivity index (χ3n) is 2.66. The number of halogens is 2. The minimum atomic E-state index is -0.820. The van der Waals surface area contributed by atoms with Crippen molar-refractivity contribution < 1.29 is 13.9 Å². The van der Waals surface area contributed by atoms with E-state index in [0.717, 1.165) is 6.33 Å². The summed E-state index contributed by atoms with van der Waals surface area (Å²) in [6.45, 7) is 0. The van der Waals surface area contributed by atoms with E-state index in [2.05, 4.69) is 16.0 Å². The second-order valence-electron chi connectivity index (χ2n) is 4.16. The first kappa shape index (κ1) is 14.3. The van der Waals surface area contributed by atoms with Crippen LogP contribution in [0.3, 0.4) is 0 Å². The Morgan fingerprint density at radius 3 is 2.41 bits per heavy atom. The molecule has 6 heteroatoms. The molecule has 1 heterocycles. The summed E-state index contributed by atoms with van der Waals surface area (Å²) in [6, 6.07) is 16.3. The van der Waals surface area contributed by atoms with Crippen LogP contribution in [0.2, 0.25) is 5.02 Å². The van der Waals surface area contributed by atoms with E-state index in [9.17, 15) is 4.39 Å². The highest BCUT2D eigenvalue weighted by Gasteiger charge is 2.16. The first-order chi connectivity index (χ1) is 10.7. The molecular weight excluding hydrogens is 307 g/mol. The highest BCUT2D eigenvalue weighted by Crippen LogP contribution is 2.32. The van der Waals surface area contributed by atoms with Crippen LogP contribution in [0.5, 0.6) is 23.3 Å². The van der Waals surface area contributed by atoms with Crippen LogP contribution in [0.4, 0.5) is 4.39 Å². The zero-order chi connectivity index (χ0) is 15.4. The fourth-order valence-corrected chi connectivity index (χ4v) is 1.83. The van der Waals surface area contributed by atoms with Gasteiger partial charge in [0.05, 0.1) is 5.02 Å². The zero-order valence-electron chi connectivity index (χ0n) is 11.2. The van der Waals surface area contributed by atoms with Gasteiger partial charge >= 0.3 is 0 Å². The van der Waals surface area contributed by atoms with Gasteiger partial charge in [-0.3, -0.25) is 0 Å². The van der Waals surface area contributed by atoms with Crippen molar-refractivity contribution in [2.45, 2.75) is 0 Å². The van der Waals surface area contributed by atoms with Crippen molar-refractivity contribution in [2.75, 3.05) is 0 Å². The summed E-state index contributed by atoms with van der Waals surface area (Å²) in [4.78, 5) is 7.52. The van der Waals surface area contributed by atoms with E-state index in [0.29, 0.717) is 16.5 Å². The third-order valence-corrected chi connectivity index (χ3v) is 2.97. The molecule has 0 spiro atoms. The van der Waals surface area contributed by atoms with Gasteiger partial charge in [-0.15, -0.1) is 0 Å². The van der Waals surface area contributed by atoms with E-state index in [4.69, 9.17) is 21.1 Å². The monoisotopic (exact) mass is 315 g/mol. The lowest BCUT2D eigenvalue weighted by Gasteiger charge is -2.09. The largest absolute Gasteiger partial charge is 0.436 e. The number of nitrogens with zero attached hydrogens (tertiary/aromatic N) is 2. The van der Waals surface area contributed by atoms with Gasteiger partial charge in [0.15, 0.2) is 0 Å². The van der Waals surface area contributed by atoms with E-state index in [1.54, 1.807) is 48.5 Å². The van der Waals surface area contributed by atoms with Crippen LogP contribution >= 0.6 is 11.6 Å². The highest BCUT2D eigenvalue weighted by molar-refractivity contribution is 6.32. The van der Waals surface area contributed by atoms with Crippen molar-refractivity contribution in [3.05, 3.63) is 71.8 Å². The van der Waals surface area contributed by atoms with E-state index in [1.807, 2.05) is 0 Å². The minimum Gasteiger partial charge on any atom is -0.436 e. The van der Waals surface area contributed by atoms with Crippen molar-refractivity contribution in [3.8, 4) is 23.3 Å². The lowest BCUT2D eigenvalue weighted by Crippen LogP contribution is -1.98. The molecule has 3 rings (SSSR count). The van der Waals surface area contributed by atoms with E-state index < -0.39 is 5.82 Å². The van der Waals surface area contributed by atoms with Crippen molar-refractivity contribution in [2.24, 2.45) is 0 Å². The van der Waals surface area contributed by atoms with Crippen molar-refractivity contribution >= 4 is 11.6 Å². The van der Waals surface area contributed by atoms with Gasteiger partial charge in [-0.05, 0) is 18.2 Å². The number of aromatic nitrogens is 2. The fraction of sp³-hybridized carbons (Fsp3) is 0. The molecule has 3 aromatic rings. The predicted molar refractivity (Wildman–Crippen MR) is 78.9 cm³/mol. The molecule has 0 aliphatic heterocycles. The molecule has 0 fully saturated rings. The summed E-state index contributed by atoms with van der Waals surface area (Å²) >= 11 is 5.97. The molecule has 109 valence electrons. The SMILES string of the molecule is Fc1c(Oc2[c]cccc2)ncnc1Oc1ccccc1Cl. The molecule has 1 aromatic heterocycles. The minimum absolute atomic E-state index is 0.250. The van der Waals surface area contributed by atoms with Gasteiger partial charge in [0.1, 0.15) is 17.8 Å². The Morgan fingerprint density at radius 2 is 1.68 bits per heavy atom. The summed E-state index contributed by atoms with van der Waals surface area (Å²) in [6.07, 6.45) is 1.15. The second kappa shape index (κ2) is 6.41. The molecule has 0 amide bonds. The number of benzene rings is 2. The number of hydrogen-bond donors (Lipinski definition) is 0. The number of ether oxygens (including phenoxy) is 2. The van der Waals surface area contributed by atoms with Crippen molar-refractivity contribution in [3.63, 3.8) is 0 Å². The Kier molecular flexibility index (Phi) is 4.16. The van der Waals surface area contributed by atoms with E-state index in [1.165, 1.54) is 0 Å². The highest BCUT2D eigenvalue weighted by atomic mass is 35.5. The smallest absolute Gasteiger partial charge is 0.263 e. The molecule has 2 aromatic carbocycles. The maximum atomic E-state index is 14.3. The molecule has 0 N–H and O–H groups in total. The van der Waals surface area contributed by atoms with Gasteiger partial charge in [-0.1, -0.05) is 41.9 Å². The molecule has 0 aliphatic rings. The maximum absolute atomic E-state index is 14.3. The van der Waals surface area contributed by atoms with Gasteiger partial charge in [0, 0.05) is 6.07 Å². The van der Waals surface area contributed by atoms with Crippen LogP contribution < -0.4 is 9.47 Å². The van der Waals surface area contributed by atoms with Crippen LogP contribution in [-0.4, -0.2) is 9.97 Å².